The molecule has 0 aliphatic carbocycles. The van der Waals surface area contributed by atoms with E-state index in [-0.39, 0.29) is 12.4 Å². The van der Waals surface area contributed by atoms with Crippen LogP contribution in [0.4, 0.5) is 5.82 Å². The molecule has 0 aromatic carbocycles. The Morgan fingerprint density at radius 3 is 2.81 bits per heavy atom. The SMILES string of the molecule is C[C@H](N)C(=O)ONc1ccn([C@@H]2O[C@H](CO)[C@H]3OC(C)(C)O[C@H]32)c(=O)n1. The smallest absolute Gasteiger partial charge is 0.351 e. The molecule has 3 rings (SSSR count). The van der Waals surface area contributed by atoms with Gasteiger partial charge in [-0.3, -0.25) is 4.57 Å². The lowest BCUT2D eigenvalue weighted by atomic mass is 10.1. The normalized spacial score (nSPS) is 30.7. The zero-order valence-electron chi connectivity index (χ0n) is 14.6. The van der Waals surface area contributed by atoms with Gasteiger partial charge in [0.05, 0.1) is 6.61 Å². The fraction of sp³-hybridized carbons (Fsp3) is 0.667. The second kappa shape index (κ2) is 6.93. The molecule has 0 saturated carbocycles. The molecule has 2 fully saturated rings. The van der Waals surface area contributed by atoms with Gasteiger partial charge in [0.1, 0.15) is 24.4 Å². The molecule has 1 aromatic rings. The van der Waals surface area contributed by atoms with E-state index < -0.39 is 48.0 Å². The van der Waals surface area contributed by atoms with Crippen molar-refractivity contribution in [2.75, 3.05) is 12.1 Å². The van der Waals surface area contributed by atoms with Gasteiger partial charge >= 0.3 is 11.7 Å². The van der Waals surface area contributed by atoms with Gasteiger partial charge in [-0.1, -0.05) is 0 Å². The van der Waals surface area contributed by atoms with Crippen LogP contribution in [-0.2, 0) is 23.8 Å². The number of carbonyl (C=O) groups excluding carboxylic acids is 1. The summed E-state index contributed by atoms with van der Waals surface area (Å²) in [6.45, 7) is 4.69. The summed E-state index contributed by atoms with van der Waals surface area (Å²) in [4.78, 5) is 32.2. The number of aliphatic hydroxyl groups is 1. The predicted octanol–water partition coefficient (Wildman–Crippen LogP) is -1.13. The van der Waals surface area contributed by atoms with Crippen molar-refractivity contribution >= 4 is 11.8 Å². The van der Waals surface area contributed by atoms with Crippen LogP contribution in [0, 0.1) is 0 Å². The molecule has 0 unspecified atom stereocenters. The molecule has 3 heterocycles. The molecule has 1 aromatic heterocycles. The quantitative estimate of drug-likeness (QED) is 0.544. The average Bonchev–Trinajstić information content (AvgIpc) is 3.05. The van der Waals surface area contributed by atoms with Gasteiger partial charge in [0, 0.05) is 12.3 Å². The Kier molecular flexibility index (Phi) is 4.99. The molecule has 2 aliphatic heterocycles. The largest absolute Gasteiger partial charge is 0.394 e. The first-order chi connectivity index (χ1) is 12.2. The number of fused-ring (bicyclic) bond motifs is 1. The molecule has 26 heavy (non-hydrogen) atoms. The van der Waals surface area contributed by atoms with Crippen molar-refractivity contribution in [3.8, 4) is 0 Å². The molecule has 11 nitrogen and oxygen atoms in total. The summed E-state index contributed by atoms with van der Waals surface area (Å²) in [7, 11) is 0. The van der Waals surface area contributed by atoms with E-state index in [4.69, 9.17) is 24.8 Å². The first kappa shape index (κ1) is 18.7. The lowest BCUT2D eigenvalue weighted by Crippen LogP contribution is -2.35. The van der Waals surface area contributed by atoms with Crippen LogP contribution in [-0.4, -0.2) is 57.4 Å². The zero-order valence-corrected chi connectivity index (χ0v) is 14.6. The number of aliphatic hydroxyl groups excluding tert-OH is 1. The molecule has 0 radical (unpaired) electrons. The molecule has 11 heteroatoms. The molecule has 5 atom stereocenters. The van der Waals surface area contributed by atoms with E-state index >= 15 is 0 Å². The molecular weight excluding hydrogens is 348 g/mol. The maximum atomic E-state index is 12.4. The number of nitrogens with zero attached hydrogens (tertiary/aromatic N) is 2. The van der Waals surface area contributed by atoms with Gasteiger partial charge < -0.3 is 29.9 Å². The highest BCUT2D eigenvalue weighted by Gasteiger charge is 2.55. The van der Waals surface area contributed by atoms with Crippen LogP contribution < -0.4 is 16.9 Å². The van der Waals surface area contributed by atoms with Crippen molar-refractivity contribution in [3.63, 3.8) is 0 Å². The number of carbonyl (C=O) groups is 1. The Labute approximate surface area is 148 Å². The molecule has 4 N–H and O–H groups in total. The van der Waals surface area contributed by atoms with Crippen LogP contribution in [0.15, 0.2) is 17.1 Å². The fourth-order valence-electron chi connectivity index (χ4n) is 2.89. The van der Waals surface area contributed by atoms with Gasteiger partial charge in [-0.15, -0.1) is 0 Å². The molecule has 144 valence electrons. The van der Waals surface area contributed by atoms with Crippen molar-refractivity contribution in [2.45, 2.75) is 57.1 Å². The number of hydrogen-bond acceptors (Lipinski definition) is 10. The summed E-state index contributed by atoms with van der Waals surface area (Å²) in [5, 5.41) is 9.50. The fourth-order valence-corrected chi connectivity index (χ4v) is 2.89. The molecule has 0 amide bonds. The Bertz CT molecular complexity index is 735. The highest BCUT2D eigenvalue weighted by Crippen LogP contribution is 2.42. The molecular formula is C15H22N4O7. The van der Waals surface area contributed by atoms with Crippen LogP contribution in [0.1, 0.15) is 27.0 Å². The lowest BCUT2D eigenvalue weighted by molar-refractivity contribution is -0.200. The minimum Gasteiger partial charge on any atom is -0.394 e. The zero-order chi connectivity index (χ0) is 19.1. The Balaban J connectivity index is 1.77. The topological polar surface area (TPSA) is 147 Å². The highest BCUT2D eigenvalue weighted by molar-refractivity contribution is 5.75. The number of nitrogens with two attached hydrogens (primary N) is 1. The number of rotatable bonds is 5. The molecule has 2 aliphatic rings. The summed E-state index contributed by atoms with van der Waals surface area (Å²) < 4.78 is 18.5. The third-order valence-corrected chi connectivity index (χ3v) is 4.04. The van der Waals surface area contributed by atoms with Crippen molar-refractivity contribution in [3.05, 3.63) is 22.7 Å². The predicted molar refractivity (Wildman–Crippen MR) is 86.7 cm³/mol. The van der Waals surface area contributed by atoms with Gasteiger partial charge in [0.2, 0.25) is 0 Å². The lowest BCUT2D eigenvalue weighted by Gasteiger charge is -2.24. The summed E-state index contributed by atoms with van der Waals surface area (Å²) in [6.07, 6.45) is -1.08. The minimum atomic E-state index is -0.851. The van der Waals surface area contributed by atoms with Crippen LogP contribution in [0.3, 0.4) is 0 Å². The van der Waals surface area contributed by atoms with Crippen molar-refractivity contribution < 1.29 is 28.9 Å². The number of aromatic nitrogens is 2. The van der Waals surface area contributed by atoms with Crippen molar-refractivity contribution in [2.24, 2.45) is 5.73 Å². The Morgan fingerprint density at radius 1 is 1.50 bits per heavy atom. The van der Waals surface area contributed by atoms with Crippen molar-refractivity contribution in [1.29, 1.82) is 0 Å². The number of nitrogens with one attached hydrogen (secondary N) is 1. The van der Waals surface area contributed by atoms with E-state index in [1.165, 1.54) is 23.8 Å². The van der Waals surface area contributed by atoms with Crippen LogP contribution in [0.25, 0.3) is 0 Å². The van der Waals surface area contributed by atoms with Gasteiger partial charge in [-0.05, 0) is 20.8 Å². The third kappa shape index (κ3) is 3.57. The second-order valence-electron chi connectivity index (χ2n) is 6.63. The maximum absolute atomic E-state index is 12.4. The minimum absolute atomic E-state index is 0.0393. The van der Waals surface area contributed by atoms with Gasteiger partial charge in [-0.25, -0.2) is 15.1 Å². The van der Waals surface area contributed by atoms with Gasteiger partial charge in [-0.2, -0.15) is 4.98 Å². The van der Waals surface area contributed by atoms with E-state index in [1.54, 1.807) is 13.8 Å². The van der Waals surface area contributed by atoms with Crippen molar-refractivity contribution in [1.82, 2.24) is 9.55 Å². The van der Waals surface area contributed by atoms with Gasteiger partial charge in [0.25, 0.3) is 0 Å². The highest BCUT2D eigenvalue weighted by atomic mass is 16.8. The standard InChI is InChI=1S/C15H22N4O7/c1-7(16)13(21)26-18-9-4-5-19(14(22)17-9)12-11-10(8(6-20)23-12)24-15(2,3)25-11/h4-5,7-8,10-12,20H,6,16H2,1-3H3,(H,17,18,22)/t7-,8+,10+,11+,12+/m0/s1. The molecule has 2 saturated heterocycles. The van der Waals surface area contributed by atoms with E-state index in [0.717, 1.165) is 0 Å². The average molecular weight is 370 g/mol. The van der Waals surface area contributed by atoms with Gasteiger partial charge in [0.15, 0.2) is 17.8 Å². The summed E-state index contributed by atoms with van der Waals surface area (Å²) in [5.74, 6) is -1.50. The van der Waals surface area contributed by atoms with E-state index in [9.17, 15) is 14.7 Å². The van der Waals surface area contributed by atoms with E-state index in [0.29, 0.717) is 0 Å². The van der Waals surface area contributed by atoms with Crippen LogP contribution in [0.2, 0.25) is 0 Å². The van der Waals surface area contributed by atoms with Crippen LogP contribution >= 0.6 is 0 Å². The summed E-state index contributed by atoms with van der Waals surface area (Å²) in [6, 6.07) is 0.617. The Morgan fingerprint density at radius 2 is 2.19 bits per heavy atom. The second-order valence-corrected chi connectivity index (χ2v) is 6.63. The van der Waals surface area contributed by atoms with Crippen LogP contribution in [0.5, 0.6) is 0 Å². The maximum Gasteiger partial charge on any atom is 0.351 e. The Hall–Kier alpha value is -2.05. The number of hydrogen-bond donors (Lipinski definition) is 3. The summed E-state index contributed by atoms with van der Waals surface area (Å²) in [5.41, 5.74) is 6.99. The first-order valence-electron chi connectivity index (χ1n) is 8.15. The number of anilines is 1. The summed E-state index contributed by atoms with van der Waals surface area (Å²) >= 11 is 0. The third-order valence-electron chi connectivity index (χ3n) is 4.04. The molecule has 0 spiro atoms. The number of ether oxygens (including phenoxy) is 3. The van der Waals surface area contributed by atoms with E-state index in [2.05, 4.69) is 10.5 Å². The first-order valence-corrected chi connectivity index (χ1v) is 8.15. The molecule has 0 bridgehead atoms. The monoisotopic (exact) mass is 370 g/mol. The van der Waals surface area contributed by atoms with E-state index in [1.807, 2.05) is 0 Å².